The van der Waals surface area contributed by atoms with Gasteiger partial charge in [-0.05, 0) is 38.5 Å². The lowest BCUT2D eigenvalue weighted by atomic mass is 10.1. The number of sulfonamides is 1. The minimum absolute atomic E-state index is 0.187. The van der Waals surface area contributed by atoms with E-state index in [0.29, 0.717) is 50.5 Å². The minimum Gasteiger partial charge on any atom is -0.379 e. The highest BCUT2D eigenvalue weighted by Crippen LogP contribution is 2.23. The molecule has 0 spiro atoms. The fourth-order valence-electron chi connectivity index (χ4n) is 2.77. The number of morpholine rings is 1. The molecule has 0 saturated carbocycles. The van der Waals surface area contributed by atoms with Gasteiger partial charge in [0, 0.05) is 31.7 Å². The van der Waals surface area contributed by atoms with Gasteiger partial charge in [-0.15, -0.1) is 0 Å². The lowest BCUT2D eigenvalue weighted by molar-refractivity contribution is 0.0729. The quantitative estimate of drug-likeness (QED) is 0.723. The summed E-state index contributed by atoms with van der Waals surface area (Å²) in [4.78, 5) is 14.6. The molecule has 1 fully saturated rings. The highest BCUT2D eigenvalue weighted by atomic mass is 32.2. The number of hydrogen-bond acceptors (Lipinski definition) is 4. The number of rotatable bonds is 6. The maximum atomic E-state index is 12.9. The van der Waals surface area contributed by atoms with Crippen LogP contribution in [0.4, 0.5) is 0 Å². The summed E-state index contributed by atoms with van der Waals surface area (Å²) in [6.45, 7) is 11.8. The molecule has 0 bridgehead atoms. The molecule has 0 N–H and O–H groups in total. The molecule has 0 aromatic heterocycles. The lowest BCUT2D eigenvalue weighted by Crippen LogP contribution is -2.41. The molecular weight excluding hydrogens is 340 g/mol. The highest BCUT2D eigenvalue weighted by molar-refractivity contribution is 7.89. The van der Waals surface area contributed by atoms with Gasteiger partial charge in [0.25, 0.3) is 5.91 Å². The zero-order valence-electron chi connectivity index (χ0n) is 15.1. The SMILES string of the molecule is C=C(C)CN(CC)C(=O)c1ccc(C)c(S(=O)(=O)N2CCOCC2)c1. The van der Waals surface area contributed by atoms with Gasteiger partial charge in [0.1, 0.15) is 0 Å². The van der Waals surface area contributed by atoms with E-state index in [1.807, 2.05) is 13.8 Å². The summed E-state index contributed by atoms with van der Waals surface area (Å²) in [5.74, 6) is -0.191. The number of hydrogen-bond donors (Lipinski definition) is 0. The Morgan fingerprint density at radius 1 is 1.32 bits per heavy atom. The van der Waals surface area contributed by atoms with Gasteiger partial charge in [-0.1, -0.05) is 18.2 Å². The molecule has 2 rings (SSSR count). The third-order valence-electron chi connectivity index (χ3n) is 4.15. The van der Waals surface area contributed by atoms with Gasteiger partial charge >= 0.3 is 0 Å². The van der Waals surface area contributed by atoms with E-state index < -0.39 is 10.0 Å². The van der Waals surface area contributed by atoms with E-state index in [-0.39, 0.29) is 10.8 Å². The van der Waals surface area contributed by atoms with Crippen molar-refractivity contribution in [2.24, 2.45) is 0 Å². The Morgan fingerprint density at radius 3 is 2.52 bits per heavy atom. The van der Waals surface area contributed by atoms with E-state index in [2.05, 4.69) is 6.58 Å². The van der Waals surface area contributed by atoms with Crippen LogP contribution < -0.4 is 0 Å². The van der Waals surface area contributed by atoms with Crippen LogP contribution in [0.25, 0.3) is 0 Å². The first-order chi connectivity index (χ1) is 11.8. The number of amides is 1. The van der Waals surface area contributed by atoms with Crippen LogP contribution in [0, 0.1) is 6.92 Å². The zero-order valence-corrected chi connectivity index (χ0v) is 15.9. The fraction of sp³-hybridized carbons (Fsp3) is 0.500. The molecule has 1 aliphatic rings. The molecule has 1 heterocycles. The number of carbonyl (C=O) groups is 1. The van der Waals surface area contributed by atoms with E-state index in [0.717, 1.165) is 5.57 Å². The van der Waals surface area contributed by atoms with Gasteiger partial charge in [-0.2, -0.15) is 4.31 Å². The van der Waals surface area contributed by atoms with Crippen molar-refractivity contribution in [3.05, 3.63) is 41.5 Å². The van der Waals surface area contributed by atoms with Crippen molar-refractivity contribution in [2.45, 2.75) is 25.7 Å². The van der Waals surface area contributed by atoms with Gasteiger partial charge < -0.3 is 9.64 Å². The summed E-state index contributed by atoms with van der Waals surface area (Å²) >= 11 is 0. The number of ether oxygens (including phenoxy) is 1. The van der Waals surface area contributed by atoms with Gasteiger partial charge in [0.2, 0.25) is 10.0 Å². The first-order valence-corrected chi connectivity index (χ1v) is 9.83. The lowest BCUT2D eigenvalue weighted by Gasteiger charge is -2.27. The summed E-state index contributed by atoms with van der Waals surface area (Å²) in [5.41, 5.74) is 1.88. The van der Waals surface area contributed by atoms with Gasteiger partial charge in [0.05, 0.1) is 18.1 Å². The molecule has 7 heteroatoms. The van der Waals surface area contributed by atoms with Crippen LogP contribution in [0.15, 0.2) is 35.2 Å². The second kappa shape index (κ2) is 8.12. The predicted octanol–water partition coefficient (Wildman–Crippen LogP) is 2.05. The minimum atomic E-state index is -3.64. The molecule has 1 saturated heterocycles. The standard InChI is InChI=1S/C18H26N2O4S/c1-5-19(13-14(2)3)18(21)16-7-6-15(4)17(12-16)25(22,23)20-8-10-24-11-9-20/h6-7,12H,2,5,8-11,13H2,1,3-4H3. The van der Waals surface area contributed by atoms with E-state index in [9.17, 15) is 13.2 Å². The van der Waals surface area contributed by atoms with Crippen LogP contribution in [-0.2, 0) is 14.8 Å². The average molecular weight is 366 g/mol. The Balaban J connectivity index is 2.36. The van der Waals surface area contributed by atoms with Crippen molar-refractivity contribution in [3.63, 3.8) is 0 Å². The van der Waals surface area contributed by atoms with Crippen LogP contribution in [0.1, 0.15) is 29.8 Å². The third-order valence-corrected chi connectivity index (χ3v) is 6.19. The Labute approximate surface area is 150 Å². The monoisotopic (exact) mass is 366 g/mol. The number of nitrogens with zero attached hydrogens (tertiary/aromatic N) is 2. The van der Waals surface area contributed by atoms with Crippen LogP contribution in [-0.4, -0.2) is 62.9 Å². The van der Waals surface area contributed by atoms with E-state index in [1.54, 1.807) is 24.0 Å². The molecule has 0 atom stereocenters. The second-order valence-electron chi connectivity index (χ2n) is 6.27. The van der Waals surface area contributed by atoms with Crippen LogP contribution in [0.2, 0.25) is 0 Å². The second-order valence-corrected chi connectivity index (χ2v) is 8.18. The molecule has 1 aromatic rings. The topological polar surface area (TPSA) is 66.9 Å². The normalized spacial score (nSPS) is 15.8. The molecule has 0 unspecified atom stereocenters. The number of benzene rings is 1. The summed E-state index contributed by atoms with van der Waals surface area (Å²) in [6.07, 6.45) is 0. The zero-order chi connectivity index (χ0) is 18.6. The molecule has 1 amide bonds. The maximum Gasteiger partial charge on any atom is 0.254 e. The van der Waals surface area contributed by atoms with Crippen LogP contribution >= 0.6 is 0 Å². The summed E-state index contributed by atoms with van der Waals surface area (Å²) in [5, 5.41) is 0. The number of likely N-dealkylation sites (N-methyl/N-ethyl adjacent to an activating group) is 1. The van der Waals surface area contributed by atoms with Gasteiger partial charge in [-0.25, -0.2) is 8.42 Å². The van der Waals surface area contributed by atoms with E-state index in [4.69, 9.17) is 4.74 Å². The Hall–Kier alpha value is -1.70. The molecule has 138 valence electrons. The summed E-state index contributed by atoms with van der Waals surface area (Å²) in [7, 11) is -3.64. The van der Waals surface area contributed by atoms with Crippen LogP contribution in [0.3, 0.4) is 0 Å². The summed E-state index contributed by atoms with van der Waals surface area (Å²) in [6, 6.07) is 4.86. The predicted molar refractivity (Wildman–Crippen MR) is 97.1 cm³/mol. The van der Waals surface area contributed by atoms with Crippen molar-refractivity contribution in [1.82, 2.24) is 9.21 Å². The van der Waals surface area contributed by atoms with Crippen molar-refractivity contribution < 1.29 is 17.9 Å². The highest BCUT2D eigenvalue weighted by Gasteiger charge is 2.28. The molecule has 0 aliphatic carbocycles. The maximum absolute atomic E-state index is 12.9. The Morgan fingerprint density at radius 2 is 1.96 bits per heavy atom. The molecule has 6 nitrogen and oxygen atoms in total. The van der Waals surface area contributed by atoms with E-state index in [1.165, 1.54) is 10.4 Å². The molecule has 1 aromatic carbocycles. The summed E-state index contributed by atoms with van der Waals surface area (Å²) < 4.78 is 32.5. The first kappa shape index (κ1) is 19.6. The van der Waals surface area contributed by atoms with Crippen molar-refractivity contribution >= 4 is 15.9 Å². The van der Waals surface area contributed by atoms with Crippen molar-refractivity contribution in [3.8, 4) is 0 Å². The Kier molecular flexibility index (Phi) is 6.37. The van der Waals surface area contributed by atoms with Gasteiger partial charge in [0.15, 0.2) is 0 Å². The number of aryl methyl sites for hydroxylation is 1. The van der Waals surface area contributed by atoms with Crippen LogP contribution in [0.5, 0.6) is 0 Å². The number of carbonyl (C=O) groups excluding carboxylic acids is 1. The van der Waals surface area contributed by atoms with E-state index >= 15 is 0 Å². The third kappa shape index (κ3) is 4.48. The largest absolute Gasteiger partial charge is 0.379 e. The average Bonchev–Trinajstić information content (AvgIpc) is 2.60. The molecule has 25 heavy (non-hydrogen) atoms. The van der Waals surface area contributed by atoms with Crippen molar-refractivity contribution in [2.75, 3.05) is 39.4 Å². The fourth-order valence-corrected chi connectivity index (χ4v) is 4.43. The van der Waals surface area contributed by atoms with Crippen molar-refractivity contribution in [1.29, 1.82) is 0 Å². The molecule has 0 radical (unpaired) electrons. The smallest absolute Gasteiger partial charge is 0.254 e. The first-order valence-electron chi connectivity index (χ1n) is 8.39. The Bertz CT molecular complexity index is 752. The molecular formula is C18H26N2O4S. The van der Waals surface area contributed by atoms with Gasteiger partial charge in [-0.3, -0.25) is 4.79 Å². The molecule has 1 aliphatic heterocycles.